The minimum atomic E-state index is 0.00538. The van der Waals surface area contributed by atoms with Gasteiger partial charge in [-0.2, -0.15) is 5.10 Å². The lowest BCUT2D eigenvalue weighted by atomic mass is 9.95. The van der Waals surface area contributed by atoms with Gasteiger partial charge in [0.15, 0.2) is 0 Å². The molecule has 1 saturated heterocycles. The minimum absolute atomic E-state index is 0.00538. The summed E-state index contributed by atoms with van der Waals surface area (Å²) < 4.78 is 7.81. The van der Waals surface area contributed by atoms with Crippen molar-refractivity contribution in [2.24, 2.45) is 0 Å². The monoisotopic (exact) mass is 345 g/mol. The maximum atomic E-state index is 13.1. The number of rotatable bonds is 3. The van der Waals surface area contributed by atoms with Crippen LogP contribution in [0.15, 0.2) is 23.8 Å². The van der Waals surface area contributed by atoms with Crippen LogP contribution in [0.2, 0.25) is 0 Å². The molecule has 0 radical (unpaired) electrons. The highest BCUT2D eigenvalue weighted by atomic mass is 32.1. The molecule has 2 aromatic rings. The molecule has 0 saturated carbocycles. The third-order valence-corrected chi connectivity index (χ3v) is 5.97. The first-order valence-electron chi connectivity index (χ1n) is 8.79. The Bertz CT molecular complexity index is 695. The number of aryl methyl sites for hydroxylation is 1. The number of fused-ring (bicyclic) bond motifs is 1. The molecule has 24 heavy (non-hydrogen) atoms. The van der Waals surface area contributed by atoms with Crippen LogP contribution in [-0.4, -0.2) is 46.4 Å². The fourth-order valence-electron chi connectivity index (χ4n) is 3.65. The molecule has 2 aliphatic rings. The summed E-state index contributed by atoms with van der Waals surface area (Å²) in [5, 5.41) is 6.33. The van der Waals surface area contributed by atoms with Gasteiger partial charge in [0.05, 0.1) is 18.2 Å². The summed E-state index contributed by atoms with van der Waals surface area (Å²) in [6.45, 7) is 2.82. The molecule has 1 aliphatic carbocycles. The lowest BCUT2D eigenvalue weighted by molar-refractivity contribution is 0.0367. The molecule has 6 heteroatoms. The Balaban J connectivity index is 1.49. The van der Waals surface area contributed by atoms with Gasteiger partial charge in [0.2, 0.25) is 0 Å². The maximum absolute atomic E-state index is 13.1. The number of hydrogen-bond acceptors (Lipinski definition) is 4. The fourth-order valence-corrected chi connectivity index (χ4v) is 4.77. The van der Waals surface area contributed by atoms with Crippen molar-refractivity contribution < 1.29 is 9.53 Å². The zero-order valence-electron chi connectivity index (χ0n) is 13.8. The molecule has 5 nitrogen and oxygen atoms in total. The topological polar surface area (TPSA) is 47.4 Å². The summed E-state index contributed by atoms with van der Waals surface area (Å²) in [5.74, 6) is 0.186. The van der Waals surface area contributed by atoms with Gasteiger partial charge in [-0.05, 0) is 43.7 Å². The highest BCUT2D eigenvalue weighted by molar-refractivity contribution is 7.10. The Kier molecular flexibility index (Phi) is 4.67. The van der Waals surface area contributed by atoms with Crippen LogP contribution in [0.25, 0.3) is 0 Å². The van der Waals surface area contributed by atoms with Crippen molar-refractivity contribution in [3.05, 3.63) is 39.8 Å². The fraction of sp³-hybridized carbons (Fsp3) is 0.556. The van der Waals surface area contributed by atoms with Crippen molar-refractivity contribution in [1.82, 2.24) is 14.7 Å². The van der Waals surface area contributed by atoms with E-state index in [0.717, 1.165) is 31.4 Å². The molecule has 0 spiro atoms. The van der Waals surface area contributed by atoms with Crippen LogP contribution in [0.1, 0.15) is 40.1 Å². The van der Waals surface area contributed by atoms with Crippen LogP contribution < -0.4 is 0 Å². The van der Waals surface area contributed by atoms with Gasteiger partial charge in [-0.1, -0.05) is 0 Å². The van der Waals surface area contributed by atoms with E-state index in [1.165, 1.54) is 23.3 Å². The normalized spacial score (nSPS) is 21.3. The number of carbonyl (C=O) groups excluding carboxylic acids is 1. The van der Waals surface area contributed by atoms with E-state index in [9.17, 15) is 4.79 Å². The lowest BCUT2D eigenvalue weighted by Gasteiger charge is -2.24. The van der Waals surface area contributed by atoms with Crippen LogP contribution in [0, 0.1) is 0 Å². The summed E-state index contributed by atoms with van der Waals surface area (Å²) in [4.78, 5) is 16.5. The molecule has 1 unspecified atom stereocenters. The number of nitrogens with zero attached hydrogens (tertiary/aromatic N) is 3. The number of ether oxygens (including phenoxy) is 1. The van der Waals surface area contributed by atoms with Crippen LogP contribution in [0.5, 0.6) is 0 Å². The zero-order chi connectivity index (χ0) is 16.4. The smallest absolute Gasteiger partial charge is 0.255 e. The molecular weight excluding hydrogens is 322 g/mol. The summed E-state index contributed by atoms with van der Waals surface area (Å²) >= 11 is 1.76. The van der Waals surface area contributed by atoms with Crippen molar-refractivity contribution in [2.45, 2.75) is 44.8 Å². The molecule has 128 valence electrons. The molecule has 1 fully saturated rings. The SMILES string of the molecule is O=C(c1csc2c1CCCC2)N1CCCOC(Cn2cccn2)C1. The van der Waals surface area contributed by atoms with E-state index in [-0.39, 0.29) is 12.0 Å². The lowest BCUT2D eigenvalue weighted by Crippen LogP contribution is -2.38. The molecule has 0 aromatic carbocycles. The molecule has 0 bridgehead atoms. The van der Waals surface area contributed by atoms with E-state index in [1.54, 1.807) is 17.5 Å². The van der Waals surface area contributed by atoms with Gasteiger partial charge in [0.1, 0.15) is 0 Å². The van der Waals surface area contributed by atoms with Crippen LogP contribution in [0.3, 0.4) is 0 Å². The highest BCUT2D eigenvalue weighted by Gasteiger charge is 2.27. The predicted octanol–water partition coefficient (Wildman–Crippen LogP) is 2.75. The largest absolute Gasteiger partial charge is 0.374 e. The molecule has 0 N–H and O–H groups in total. The molecule has 1 atom stereocenters. The minimum Gasteiger partial charge on any atom is -0.374 e. The van der Waals surface area contributed by atoms with E-state index in [2.05, 4.69) is 10.5 Å². The second-order valence-corrected chi connectivity index (χ2v) is 7.55. The number of carbonyl (C=O) groups is 1. The quantitative estimate of drug-likeness (QED) is 0.859. The Labute approximate surface area is 146 Å². The van der Waals surface area contributed by atoms with E-state index in [0.29, 0.717) is 19.7 Å². The van der Waals surface area contributed by atoms with Gasteiger partial charge in [-0.15, -0.1) is 11.3 Å². The molecule has 2 aromatic heterocycles. The van der Waals surface area contributed by atoms with E-state index in [1.807, 2.05) is 21.8 Å². The molecule has 1 amide bonds. The second kappa shape index (κ2) is 7.07. The van der Waals surface area contributed by atoms with Gasteiger partial charge in [-0.25, -0.2) is 0 Å². The Hall–Kier alpha value is -1.66. The average molecular weight is 345 g/mol. The average Bonchev–Trinajstić information content (AvgIpc) is 3.20. The highest BCUT2D eigenvalue weighted by Crippen LogP contribution is 2.31. The molecule has 3 heterocycles. The molecule has 4 rings (SSSR count). The Morgan fingerprint density at radius 1 is 1.33 bits per heavy atom. The predicted molar refractivity (Wildman–Crippen MR) is 93.4 cm³/mol. The zero-order valence-corrected chi connectivity index (χ0v) is 14.6. The first-order valence-corrected chi connectivity index (χ1v) is 9.67. The third-order valence-electron chi connectivity index (χ3n) is 4.88. The third kappa shape index (κ3) is 3.26. The van der Waals surface area contributed by atoms with Gasteiger partial charge in [-0.3, -0.25) is 9.48 Å². The summed E-state index contributed by atoms with van der Waals surface area (Å²) in [6, 6.07) is 1.91. The van der Waals surface area contributed by atoms with Crippen LogP contribution >= 0.6 is 11.3 Å². The number of amides is 1. The standard InChI is InChI=1S/C18H23N3O2S/c22-18(16-13-24-17-6-2-1-5-15(16)17)20-8-4-10-23-14(11-20)12-21-9-3-7-19-21/h3,7,9,13-14H,1-2,4-6,8,10-12H2. The van der Waals surface area contributed by atoms with Crippen LogP contribution in [-0.2, 0) is 24.1 Å². The first kappa shape index (κ1) is 15.8. The Morgan fingerprint density at radius 2 is 2.25 bits per heavy atom. The van der Waals surface area contributed by atoms with Crippen molar-refractivity contribution >= 4 is 17.2 Å². The van der Waals surface area contributed by atoms with Gasteiger partial charge >= 0.3 is 0 Å². The van der Waals surface area contributed by atoms with Crippen molar-refractivity contribution in [1.29, 1.82) is 0 Å². The molecule has 1 aliphatic heterocycles. The first-order chi connectivity index (χ1) is 11.8. The summed E-state index contributed by atoms with van der Waals surface area (Å²) in [7, 11) is 0. The van der Waals surface area contributed by atoms with E-state index >= 15 is 0 Å². The number of thiophene rings is 1. The van der Waals surface area contributed by atoms with E-state index in [4.69, 9.17) is 4.74 Å². The van der Waals surface area contributed by atoms with Gasteiger partial charge in [0.25, 0.3) is 5.91 Å². The van der Waals surface area contributed by atoms with Crippen molar-refractivity contribution in [2.75, 3.05) is 19.7 Å². The van der Waals surface area contributed by atoms with Crippen LogP contribution in [0.4, 0.5) is 0 Å². The number of hydrogen-bond donors (Lipinski definition) is 0. The van der Waals surface area contributed by atoms with Gasteiger partial charge < -0.3 is 9.64 Å². The maximum Gasteiger partial charge on any atom is 0.255 e. The van der Waals surface area contributed by atoms with Crippen molar-refractivity contribution in [3.63, 3.8) is 0 Å². The summed E-state index contributed by atoms with van der Waals surface area (Å²) in [5.41, 5.74) is 2.25. The molecular formula is C18H23N3O2S. The van der Waals surface area contributed by atoms with E-state index < -0.39 is 0 Å². The number of aromatic nitrogens is 2. The second-order valence-electron chi connectivity index (χ2n) is 6.58. The van der Waals surface area contributed by atoms with Gasteiger partial charge in [0, 0.05) is 42.3 Å². The summed E-state index contributed by atoms with van der Waals surface area (Å²) in [6.07, 6.45) is 9.27. The Morgan fingerprint density at radius 3 is 3.12 bits per heavy atom. The van der Waals surface area contributed by atoms with Crippen molar-refractivity contribution in [3.8, 4) is 0 Å².